The molecule has 16 heteroatoms. The highest BCUT2D eigenvalue weighted by Crippen LogP contribution is 2.39. The fourth-order valence-corrected chi connectivity index (χ4v) is 4.04. The molecule has 0 radical (unpaired) electrons. The van der Waals surface area contributed by atoms with Crippen LogP contribution in [0.1, 0.15) is 18.2 Å². The van der Waals surface area contributed by atoms with Crippen molar-refractivity contribution in [1.29, 1.82) is 5.41 Å². The van der Waals surface area contributed by atoms with Crippen molar-refractivity contribution < 1.29 is 26.4 Å². The number of sulfonamides is 1. The molecule has 10 nitrogen and oxygen atoms in total. The molecule has 0 saturated heterocycles. The van der Waals surface area contributed by atoms with Crippen molar-refractivity contribution in [1.82, 2.24) is 25.4 Å². The topological polar surface area (TPSA) is 155 Å². The quantitative estimate of drug-likeness (QED) is 0.178. The van der Waals surface area contributed by atoms with Crippen molar-refractivity contribution in [2.24, 2.45) is 0 Å². The number of nitrogens with one attached hydrogen (secondary N) is 4. The average Bonchev–Trinajstić information content (AvgIpc) is 3.03. The molecule has 0 aliphatic rings. The molecule has 32 heavy (non-hydrogen) atoms. The standard InChI is InChI=1S/C16H16Cl2F3N7O3S/c1-3-4-10(29)25-26-14(22)11-13(32(30,31)24-2)15(23)28(27-11)12-8(17)5-7(6-9(12)18)16(19,20)21/h3-6,24H,23H2,1-2H3,(H2,22,26)(H,25,29). The number of nitrogens with zero attached hydrogens (tertiary/aromatic N) is 2. The molecule has 1 aromatic carbocycles. The number of carbonyl (C=O) groups is 1. The van der Waals surface area contributed by atoms with Crippen LogP contribution in [0.25, 0.3) is 5.69 Å². The Morgan fingerprint density at radius 3 is 2.28 bits per heavy atom. The van der Waals surface area contributed by atoms with Crippen LogP contribution in [0.2, 0.25) is 10.0 Å². The lowest BCUT2D eigenvalue weighted by Gasteiger charge is -2.13. The van der Waals surface area contributed by atoms with Gasteiger partial charge in [-0.05, 0) is 26.1 Å². The number of hydrogen-bond acceptors (Lipinski definition) is 6. The van der Waals surface area contributed by atoms with Crippen molar-refractivity contribution in [3.05, 3.63) is 45.6 Å². The van der Waals surface area contributed by atoms with Gasteiger partial charge in [-0.3, -0.25) is 21.1 Å². The van der Waals surface area contributed by atoms with E-state index in [1.807, 2.05) is 4.72 Å². The van der Waals surface area contributed by atoms with E-state index in [-0.39, 0.29) is 5.69 Å². The van der Waals surface area contributed by atoms with Crippen molar-refractivity contribution in [2.75, 3.05) is 12.8 Å². The third-order valence-corrected chi connectivity index (χ3v) is 5.89. The number of anilines is 1. The van der Waals surface area contributed by atoms with Crippen molar-refractivity contribution >= 4 is 50.8 Å². The minimum absolute atomic E-state index is 0.344. The maximum absolute atomic E-state index is 13.0. The molecular formula is C16H16Cl2F3N7O3S. The van der Waals surface area contributed by atoms with Gasteiger partial charge in [-0.1, -0.05) is 29.3 Å². The molecule has 2 rings (SSSR count). The molecule has 0 spiro atoms. The summed E-state index contributed by atoms with van der Waals surface area (Å²) < 4.78 is 66.7. The summed E-state index contributed by atoms with van der Waals surface area (Å²) in [6, 6.07) is 1.13. The first-order chi connectivity index (χ1) is 14.7. The first kappa shape index (κ1) is 25.5. The molecule has 0 unspecified atom stereocenters. The molecule has 2 aromatic rings. The molecule has 1 heterocycles. The number of halogens is 5. The number of alkyl halides is 3. The summed E-state index contributed by atoms with van der Waals surface area (Å²) in [5.74, 6) is -1.94. The lowest BCUT2D eigenvalue weighted by atomic mass is 10.2. The normalized spacial score (nSPS) is 12.2. The first-order valence-electron chi connectivity index (χ1n) is 8.40. The van der Waals surface area contributed by atoms with Crippen molar-refractivity contribution in [3.8, 4) is 5.69 Å². The van der Waals surface area contributed by atoms with Gasteiger partial charge in [0.2, 0.25) is 10.0 Å². The van der Waals surface area contributed by atoms with Gasteiger partial charge < -0.3 is 5.73 Å². The molecule has 0 fully saturated rings. The van der Waals surface area contributed by atoms with E-state index in [1.165, 1.54) is 6.08 Å². The lowest BCUT2D eigenvalue weighted by Crippen LogP contribution is -2.41. The van der Waals surface area contributed by atoms with E-state index < -0.39 is 60.0 Å². The summed E-state index contributed by atoms with van der Waals surface area (Å²) in [5.41, 5.74) is 8.14. The van der Waals surface area contributed by atoms with Gasteiger partial charge in [-0.25, -0.2) is 17.8 Å². The van der Waals surface area contributed by atoms with Gasteiger partial charge in [0.25, 0.3) is 5.91 Å². The monoisotopic (exact) mass is 513 g/mol. The molecule has 6 N–H and O–H groups in total. The Morgan fingerprint density at radius 2 is 1.81 bits per heavy atom. The van der Waals surface area contributed by atoms with Crippen LogP contribution in [-0.2, 0) is 21.0 Å². The molecule has 0 saturated carbocycles. The second-order valence-corrected chi connectivity index (χ2v) is 8.60. The number of hydrogen-bond donors (Lipinski definition) is 5. The number of amidine groups is 1. The highest BCUT2D eigenvalue weighted by atomic mass is 35.5. The molecule has 0 aliphatic carbocycles. The molecule has 0 bridgehead atoms. The highest BCUT2D eigenvalue weighted by molar-refractivity contribution is 7.89. The Labute approximate surface area is 190 Å². The van der Waals surface area contributed by atoms with Gasteiger partial charge in [0, 0.05) is 6.08 Å². The Balaban J connectivity index is 2.69. The predicted molar refractivity (Wildman–Crippen MR) is 112 cm³/mol. The van der Waals surface area contributed by atoms with E-state index >= 15 is 0 Å². The average molecular weight is 514 g/mol. The summed E-state index contributed by atoms with van der Waals surface area (Å²) in [7, 11) is -3.26. The largest absolute Gasteiger partial charge is 0.416 e. The van der Waals surface area contributed by atoms with Gasteiger partial charge in [0.05, 0.1) is 15.6 Å². The molecule has 1 amide bonds. The van der Waals surface area contributed by atoms with Crippen LogP contribution in [0.3, 0.4) is 0 Å². The van der Waals surface area contributed by atoms with E-state index in [9.17, 15) is 26.4 Å². The second kappa shape index (κ2) is 9.36. The number of allylic oxidation sites excluding steroid dienone is 1. The summed E-state index contributed by atoms with van der Waals surface area (Å²) in [5, 5.41) is 10.9. The fraction of sp³-hybridized carbons (Fsp3) is 0.188. The van der Waals surface area contributed by atoms with Crippen LogP contribution in [0.5, 0.6) is 0 Å². The number of amides is 1. The number of nitrogen functional groups attached to an aromatic ring is 1. The van der Waals surface area contributed by atoms with Gasteiger partial charge >= 0.3 is 6.18 Å². The number of carbonyl (C=O) groups excluding carboxylic acids is 1. The Morgan fingerprint density at radius 1 is 1.25 bits per heavy atom. The van der Waals surface area contributed by atoms with Crippen molar-refractivity contribution in [2.45, 2.75) is 18.0 Å². The Kier molecular flexibility index (Phi) is 7.44. The van der Waals surface area contributed by atoms with E-state index in [0.717, 1.165) is 13.1 Å². The SMILES string of the molecule is CC=CC(=O)NNC(=N)c1nn(-c2c(Cl)cc(C(F)(F)F)cc2Cl)c(N)c1S(=O)(=O)NC. The molecular weight excluding hydrogens is 498 g/mol. The van der Waals surface area contributed by atoms with Crippen LogP contribution in [0.4, 0.5) is 19.0 Å². The fourth-order valence-electron chi connectivity index (χ4n) is 2.43. The van der Waals surface area contributed by atoms with Crippen LogP contribution in [0.15, 0.2) is 29.2 Å². The third kappa shape index (κ3) is 5.15. The van der Waals surface area contributed by atoms with E-state index in [0.29, 0.717) is 16.8 Å². The maximum atomic E-state index is 13.0. The zero-order chi connectivity index (χ0) is 24.4. The molecule has 174 valence electrons. The number of nitrogens with two attached hydrogens (primary N) is 1. The lowest BCUT2D eigenvalue weighted by molar-refractivity contribution is -0.137. The Hall–Kier alpha value is -2.81. The van der Waals surface area contributed by atoms with E-state index in [2.05, 4.69) is 16.0 Å². The van der Waals surface area contributed by atoms with Crippen LogP contribution < -0.4 is 21.3 Å². The van der Waals surface area contributed by atoms with Crippen LogP contribution in [-0.4, -0.2) is 37.0 Å². The van der Waals surface area contributed by atoms with Crippen molar-refractivity contribution in [3.63, 3.8) is 0 Å². The van der Waals surface area contributed by atoms with Gasteiger partial charge in [-0.15, -0.1) is 0 Å². The zero-order valence-corrected chi connectivity index (χ0v) is 18.6. The minimum Gasteiger partial charge on any atom is -0.382 e. The van der Waals surface area contributed by atoms with E-state index in [1.54, 1.807) is 6.92 Å². The van der Waals surface area contributed by atoms with Crippen LogP contribution >= 0.6 is 23.2 Å². The maximum Gasteiger partial charge on any atom is 0.416 e. The number of benzene rings is 1. The Bertz CT molecular complexity index is 1190. The smallest absolute Gasteiger partial charge is 0.382 e. The number of rotatable bonds is 5. The highest BCUT2D eigenvalue weighted by Gasteiger charge is 2.34. The summed E-state index contributed by atoms with van der Waals surface area (Å²) in [6.07, 6.45) is -2.20. The summed E-state index contributed by atoms with van der Waals surface area (Å²) >= 11 is 11.9. The van der Waals surface area contributed by atoms with Gasteiger partial charge in [0.15, 0.2) is 16.4 Å². The molecule has 0 atom stereocenters. The van der Waals surface area contributed by atoms with E-state index in [4.69, 9.17) is 34.3 Å². The zero-order valence-electron chi connectivity index (χ0n) is 16.3. The number of hydrazine groups is 1. The predicted octanol–water partition coefficient (Wildman–Crippen LogP) is 2.21. The summed E-state index contributed by atoms with van der Waals surface area (Å²) in [4.78, 5) is 10.9. The third-order valence-electron chi connectivity index (χ3n) is 3.83. The van der Waals surface area contributed by atoms with Crippen LogP contribution in [0, 0.1) is 5.41 Å². The molecule has 1 aromatic heterocycles. The first-order valence-corrected chi connectivity index (χ1v) is 10.6. The number of aromatic nitrogens is 2. The summed E-state index contributed by atoms with van der Waals surface area (Å²) in [6.45, 7) is 1.57. The van der Waals surface area contributed by atoms with Gasteiger partial charge in [0.1, 0.15) is 11.5 Å². The van der Waals surface area contributed by atoms with Gasteiger partial charge in [-0.2, -0.15) is 18.3 Å². The minimum atomic E-state index is -4.75. The second-order valence-electron chi connectivity index (χ2n) is 5.96. The molecule has 0 aliphatic heterocycles.